The molecule has 0 spiro atoms. The Morgan fingerprint density at radius 3 is 2.87 bits per heavy atom. The lowest BCUT2D eigenvalue weighted by molar-refractivity contribution is 0.244. The summed E-state index contributed by atoms with van der Waals surface area (Å²) in [6.45, 7) is 3.47. The molecule has 1 aliphatic rings. The zero-order valence-electron chi connectivity index (χ0n) is 13.0. The van der Waals surface area contributed by atoms with E-state index in [-0.39, 0.29) is 0 Å². The fourth-order valence-corrected chi connectivity index (χ4v) is 3.92. The predicted molar refractivity (Wildman–Crippen MR) is 100 cm³/mol. The summed E-state index contributed by atoms with van der Waals surface area (Å²) in [5.74, 6) is 0. The van der Waals surface area contributed by atoms with Crippen LogP contribution >= 0.6 is 22.6 Å². The number of hydrogen-bond acceptors (Lipinski definition) is 2. The minimum absolute atomic E-state index is 0.378. The van der Waals surface area contributed by atoms with Crippen LogP contribution in [0.2, 0.25) is 0 Å². The molecule has 5 nitrogen and oxygen atoms in total. The van der Waals surface area contributed by atoms with Gasteiger partial charge in [-0.15, -0.1) is 0 Å². The number of rotatable bonds is 6. The Kier molecular flexibility index (Phi) is 5.59. The number of azide groups is 1. The van der Waals surface area contributed by atoms with Gasteiger partial charge in [-0.3, -0.25) is 4.90 Å². The van der Waals surface area contributed by atoms with E-state index >= 15 is 0 Å². The van der Waals surface area contributed by atoms with Crippen molar-refractivity contribution in [3.8, 4) is 0 Å². The molecule has 1 aromatic heterocycles. The predicted octanol–water partition coefficient (Wildman–Crippen LogP) is 4.42. The summed E-state index contributed by atoms with van der Waals surface area (Å²) in [5.41, 5.74) is 11.2. The molecule has 3 rings (SSSR count). The van der Waals surface area contributed by atoms with Gasteiger partial charge in [0.15, 0.2) is 0 Å². The molecule has 120 valence electrons. The molecule has 0 N–H and O–H groups in total. The van der Waals surface area contributed by atoms with Crippen molar-refractivity contribution in [1.82, 2.24) is 9.47 Å². The SMILES string of the molecule is [N-]=[N+]=NC[C@@H]1CCCN1Cc1cc(I)cn1Cc1ccccc1. The van der Waals surface area contributed by atoms with Gasteiger partial charge in [-0.2, -0.15) is 0 Å². The summed E-state index contributed by atoms with van der Waals surface area (Å²) in [4.78, 5) is 5.36. The van der Waals surface area contributed by atoms with Crippen molar-refractivity contribution >= 4 is 22.6 Å². The standard InChI is InChI=1S/C17H20IN5/c18-15-9-17(13-22-8-4-7-16(22)10-20-21-19)23(12-15)11-14-5-2-1-3-6-14/h1-3,5-6,9,12,16H,4,7-8,10-11,13H2/t16-/m0/s1. The highest BCUT2D eigenvalue weighted by Gasteiger charge is 2.24. The summed E-state index contributed by atoms with van der Waals surface area (Å²) < 4.78 is 3.60. The Labute approximate surface area is 150 Å². The van der Waals surface area contributed by atoms with E-state index in [4.69, 9.17) is 5.53 Å². The normalized spacial score (nSPS) is 18.0. The first-order valence-electron chi connectivity index (χ1n) is 7.89. The molecular formula is C17H20IN5. The number of nitrogens with zero attached hydrogens (tertiary/aromatic N) is 5. The maximum atomic E-state index is 8.55. The lowest BCUT2D eigenvalue weighted by atomic mass is 10.2. The zero-order chi connectivity index (χ0) is 16.1. The van der Waals surface area contributed by atoms with Gasteiger partial charge in [-0.1, -0.05) is 35.4 Å². The summed E-state index contributed by atoms with van der Waals surface area (Å²) in [5, 5.41) is 3.77. The van der Waals surface area contributed by atoms with Crippen LogP contribution in [0.1, 0.15) is 24.1 Å². The Hall–Kier alpha value is -1.50. The second-order valence-electron chi connectivity index (χ2n) is 5.94. The molecule has 0 radical (unpaired) electrons. The molecule has 1 saturated heterocycles. The van der Waals surface area contributed by atoms with Gasteiger partial charge in [0, 0.05) is 46.0 Å². The van der Waals surface area contributed by atoms with Crippen LogP contribution < -0.4 is 0 Å². The van der Waals surface area contributed by atoms with E-state index in [1.54, 1.807) is 0 Å². The fraction of sp³-hybridized carbons (Fsp3) is 0.412. The van der Waals surface area contributed by atoms with Gasteiger partial charge in [-0.05, 0) is 59.1 Å². The van der Waals surface area contributed by atoms with E-state index in [0.29, 0.717) is 12.6 Å². The number of aromatic nitrogens is 1. The second kappa shape index (κ2) is 7.86. The maximum Gasteiger partial charge on any atom is 0.0473 e. The van der Waals surface area contributed by atoms with Gasteiger partial charge in [-0.25, -0.2) is 0 Å². The lowest BCUT2D eigenvalue weighted by Crippen LogP contribution is -2.31. The van der Waals surface area contributed by atoms with Crippen LogP contribution in [0.25, 0.3) is 10.4 Å². The highest BCUT2D eigenvalue weighted by molar-refractivity contribution is 14.1. The van der Waals surface area contributed by atoms with Crippen molar-refractivity contribution in [2.45, 2.75) is 32.0 Å². The van der Waals surface area contributed by atoms with Gasteiger partial charge in [0.2, 0.25) is 0 Å². The second-order valence-corrected chi connectivity index (χ2v) is 7.19. The van der Waals surface area contributed by atoms with Gasteiger partial charge < -0.3 is 4.57 Å². The van der Waals surface area contributed by atoms with Crippen molar-refractivity contribution in [3.63, 3.8) is 0 Å². The maximum absolute atomic E-state index is 8.55. The number of benzene rings is 1. The van der Waals surface area contributed by atoms with Crippen molar-refractivity contribution in [3.05, 3.63) is 67.9 Å². The van der Waals surface area contributed by atoms with Crippen molar-refractivity contribution in [2.75, 3.05) is 13.1 Å². The van der Waals surface area contributed by atoms with Crippen LogP contribution in [0.4, 0.5) is 0 Å². The Morgan fingerprint density at radius 2 is 2.09 bits per heavy atom. The monoisotopic (exact) mass is 421 g/mol. The lowest BCUT2D eigenvalue weighted by Gasteiger charge is -2.23. The Balaban J connectivity index is 1.73. The fourth-order valence-electron chi connectivity index (χ4n) is 3.22. The number of hydrogen-bond donors (Lipinski definition) is 0. The topological polar surface area (TPSA) is 56.9 Å². The third kappa shape index (κ3) is 4.28. The molecule has 0 unspecified atom stereocenters. The van der Waals surface area contributed by atoms with Crippen molar-refractivity contribution in [2.24, 2.45) is 5.11 Å². The molecule has 23 heavy (non-hydrogen) atoms. The van der Waals surface area contributed by atoms with E-state index in [0.717, 1.165) is 26.1 Å². The largest absolute Gasteiger partial charge is 0.345 e. The quantitative estimate of drug-likeness (QED) is 0.295. The molecule has 1 aliphatic heterocycles. The van der Waals surface area contributed by atoms with Crippen molar-refractivity contribution in [1.29, 1.82) is 0 Å². The summed E-state index contributed by atoms with van der Waals surface area (Å²) in [6.07, 6.45) is 4.51. The highest BCUT2D eigenvalue weighted by Crippen LogP contribution is 2.22. The molecule has 1 atom stereocenters. The van der Waals surface area contributed by atoms with E-state index < -0.39 is 0 Å². The van der Waals surface area contributed by atoms with Crippen LogP contribution in [-0.4, -0.2) is 28.6 Å². The van der Waals surface area contributed by atoms with Gasteiger partial charge in [0.25, 0.3) is 0 Å². The van der Waals surface area contributed by atoms with Crippen LogP contribution in [0.3, 0.4) is 0 Å². The summed E-state index contributed by atoms with van der Waals surface area (Å²) >= 11 is 2.38. The minimum atomic E-state index is 0.378. The molecule has 0 aliphatic carbocycles. The molecule has 0 saturated carbocycles. The van der Waals surface area contributed by atoms with Gasteiger partial charge in [0.05, 0.1) is 0 Å². The van der Waals surface area contributed by atoms with E-state index in [2.05, 4.69) is 78.6 Å². The zero-order valence-corrected chi connectivity index (χ0v) is 15.1. The summed E-state index contributed by atoms with van der Waals surface area (Å²) in [7, 11) is 0. The third-order valence-electron chi connectivity index (χ3n) is 4.37. The molecular weight excluding hydrogens is 401 g/mol. The van der Waals surface area contributed by atoms with E-state index in [9.17, 15) is 0 Å². The summed E-state index contributed by atoms with van der Waals surface area (Å²) in [6, 6.07) is 13.2. The average Bonchev–Trinajstić information content (AvgIpc) is 3.13. The van der Waals surface area contributed by atoms with E-state index in [1.165, 1.54) is 21.2 Å². The Morgan fingerprint density at radius 1 is 1.26 bits per heavy atom. The first-order chi connectivity index (χ1) is 11.3. The van der Waals surface area contributed by atoms with Crippen molar-refractivity contribution < 1.29 is 0 Å². The number of likely N-dealkylation sites (tertiary alicyclic amines) is 1. The van der Waals surface area contributed by atoms with Crippen LogP contribution in [-0.2, 0) is 13.1 Å². The van der Waals surface area contributed by atoms with Crippen LogP contribution in [0.5, 0.6) is 0 Å². The highest BCUT2D eigenvalue weighted by atomic mass is 127. The number of halogens is 1. The Bertz CT molecular complexity index is 690. The minimum Gasteiger partial charge on any atom is -0.345 e. The smallest absolute Gasteiger partial charge is 0.0473 e. The molecule has 2 aromatic rings. The average molecular weight is 421 g/mol. The molecule has 0 amide bonds. The van der Waals surface area contributed by atoms with Gasteiger partial charge >= 0.3 is 0 Å². The van der Waals surface area contributed by atoms with E-state index in [1.807, 2.05) is 6.07 Å². The van der Waals surface area contributed by atoms with Gasteiger partial charge in [0.1, 0.15) is 0 Å². The molecule has 1 aromatic carbocycles. The molecule has 6 heteroatoms. The van der Waals surface area contributed by atoms with Crippen LogP contribution in [0.15, 0.2) is 47.7 Å². The van der Waals surface area contributed by atoms with Crippen LogP contribution in [0, 0.1) is 3.57 Å². The first-order valence-corrected chi connectivity index (χ1v) is 8.97. The molecule has 0 bridgehead atoms. The molecule has 1 fully saturated rings. The first kappa shape index (κ1) is 16.4. The third-order valence-corrected chi connectivity index (χ3v) is 4.96. The molecule has 2 heterocycles.